The minimum absolute atomic E-state index is 0.240. The van der Waals surface area contributed by atoms with E-state index >= 15 is 0 Å². The molecule has 4 nitrogen and oxygen atoms in total. The lowest BCUT2D eigenvalue weighted by Gasteiger charge is -2.20. The highest BCUT2D eigenvalue weighted by Crippen LogP contribution is 2.12. The highest BCUT2D eigenvalue weighted by atomic mass is 16.4. The van der Waals surface area contributed by atoms with E-state index in [2.05, 4.69) is 10.9 Å². The van der Waals surface area contributed by atoms with E-state index in [4.69, 9.17) is 11.5 Å². The number of carboxylic acid groups (broad SMARTS) is 1. The van der Waals surface area contributed by atoms with Crippen molar-refractivity contribution in [3.05, 3.63) is 23.9 Å². The number of aromatic nitrogens is 1. The molecular weight excluding hydrogens is 204 g/mol. The maximum atomic E-state index is 10.8. The maximum Gasteiger partial charge on any atom is 0.335 e. The summed E-state index contributed by atoms with van der Waals surface area (Å²) in [6.45, 7) is 3.41. The summed E-state index contributed by atoms with van der Waals surface area (Å²) in [7, 11) is 0. The zero-order valence-corrected chi connectivity index (χ0v) is 9.18. The molecule has 0 amide bonds. The van der Waals surface area contributed by atoms with Gasteiger partial charge in [-0.25, -0.2) is 9.78 Å². The van der Waals surface area contributed by atoms with E-state index in [1.54, 1.807) is 6.07 Å². The number of hydrogen-bond donors (Lipinski definition) is 1. The summed E-state index contributed by atoms with van der Waals surface area (Å²) in [6.07, 6.45) is 7.31. The van der Waals surface area contributed by atoms with Crippen molar-refractivity contribution in [2.45, 2.75) is 13.3 Å². The molecule has 0 radical (unpaired) electrons. The number of carboxylic acids is 1. The van der Waals surface area contributed by atoms with Crippen LogP contribution in [0.25, 0.3) is 0 Å². The van der Waals surface area contributed by atoms with Gasteiger partial charge in [0.05, 0.1) is 5.56 Å². The fraction of sp³-hybridized carbons (Fsp3) is 0.333. The Morgan fingerprint density at radius 2 is 2.44 bits per heavy atom. The lowest BCUT2D eigenvalue weighted by atomic mass is 10.2. The molecule has 0 saturated carbocycles. The zero-order valence-electron chi connectivity index (χ0n) is 9.18. The molecule has 0 aromatic carbocycles. The molecule has 0 bridgehead atoms. The molecule has 1 heterocycles. The van der Waals surface area contributed by atoms with Crippen LogP contribution in [0.2, 0.25) is 0 Å². The summed E-state index contributed by atoms with van der Waals surface area (Å²) >= 11 is 0. The van der Waals surface area contributed by atoms with Crippen molar-refractivity contribution in [3.8, 4) is 12.3 Å². The quantitative estimate of drug-likeness (QED) is 0.763. The maximum absolute atomic E-state index is 10.8. The number of nitrogens with zero attached hydrogens (tertiary/aromatic N) is 2. The topological polar surface area (TPSA) is 53.4 Å². The van der Waals surface area contributed by atoms with Crippen LogP contribution in [0.1, 0.15) is 23.7 Å². The van der Waals surface area contributed by atoms with Crippen molar-refractivity contribution in [2.75, 3.05) is 18.0 Å². The highest BCUT2D eigenvalue weighted by molar-refractivity contribution is 5.88. The summed E-state index contributed by atoms with van der Waals surface area (Å²) in [5.41, 5.74) is 0.240. The van der Waals surface area contributed by atoms with Crippen LogP contribution in [-0.2, 0) is 0 Å². The van der Waals surface area contributed by atoms with Gasteiger partial charge >= 0.3 is 5.97 Å². The molecule has 0 spiro atoms. The number of rotatable bonds is 5. The second kappa shape index (κ2) is 5.76. The van der Waals surface area contributed by atoms with Crippen LogP contribution in [-0.4, -0.2) is 29.1 Å². The van der Waals surface area contributed by atoms with Crippen molar-refractivity contribution in [1.29, 1.82) is 0 Å². The number of terminal acetylenes is 1. The minimum Gasteiger partial charge on any atom is -0.478 e. The first kappa shape index (κ1) is 12.1. The second-order valence-electron chi connectivity index (χ2n) is 3.24. The smallest absolute Gasteiger partial charge is 0.335 e. The first-order chi connectivity index (χ1) is 7.69. The van der Waals surface area contributed by atoms with Crippen molar-refractivity contribution in [3.63, 3.8) is 0 Å². The molecule has 1 aromatic rings. The molecule has 1 rings (SSSR count). The van der Waals surface area contributed by atoms with Crippen molar-refractivity contribution >= 4 is 11.8 Å². The molecule has 1 aromatic heterocycles. The predicted octanol–water partition coefficient (Wildman–Crippen LogP) is 1.63. The van der Waals surface area contributed by atoms with Crippen LogP contribution in [0.15, 0.2) is 18.3 Å². The van der Waals surface area contributed by atoms with Gasteiger partial charge in [-0.3, -0.25) is 0 Å². The number of pyridine rings is 1. The van der Waals surface area contributed by atoms with Crippen LogP contribution in [0, 0.1) is 12.3 Å². The zero-order chi connectivity index (χ0) is 12.0. The Hall–Kier alpha value is -2.02. The third kappa shape index (κ3) is 2.99. The van der Waals surface area contributed by atoms with Gasteiger partial charge in [-0.15, -0.1) is 12.3 Å². The third-order valence-corrected chi connectivity index (χ3v) is 2.22. The van der Waals surface area contributed by atoms with Crippen molar-refractivity contribution in [1.82, 2.24) is 4.98 Å². The van der Waals surface area contributed by atoms with Gasteiger partial charge in [-0.05, 0) is 19.1 Å². The van der Waals surface area contributed by atoms with Gasteiger partial charge in [0, 0.05) is 25.7 Å². The first-order valence-electron chi connectivity index (χ1n) is 5.06. The monoisotopic (exact) mass is 218 g/mol. The van der Waals surface area contributed by atoms with Crippen molar-refractivity contribution < 1.29 is 9.90 Å². The van der Waals surface area contributed by atoms with Crippen LogP contribution >= 0.6 is 0 Å². The van der Waals surface area contributed by atoms with Crippen LogP contribution in [0.4, 0.5) is 5.82 Å². The largest absolute Gasteiger partial charge is 0.478 e. The Balaban J connectivity index is 2.88. The molecule has 0 atom stereocenters. The van der Waals surface area contributed by atoms with Crippen molar-refractivity contribution in [2.24, 2.45) is 0 Å². The third-order valence-electron chi connectivity index (χ3n) is 2.22. The van der Waals surface area contributed by atoms with Gasteiger partial charge in [-0.2, -0.15) is 0 Å². The number of aromatic carboxylic acids is 1. The molecule has 4 heteroatoms. The molecular formula is C12H14N2O2. The molecule has 0 aliphatic carbocycles. The first-order valence-corrected chi connectivity index (χ1v) is 5.06. The van der Waals surface area contributed by atoms with E-state index in [0.29, 0.717) is 18.8 Å². The van der Waals surface area contributed by atoms with Gasteiger partial charge in [0.25, 0.3) is 0 Å². The Labute approximate surface area is 94.9 Å². The fourth-order valence-electron chi connectivity index (χ4n) is 1.36. The Morgan fingerprint density at radius 3 is 3.00 bits per heavy atom. The summed E-state index contributed by atoms with van der Waals surface area (Å²) in [5, 5.41) is 8.86. The Bertz CT molecular complexity index is 410. The standard InChI is InChI=1S/C12H14N2O2/c1-3-5-8-14(4-2)11-9-10(12(15)16)6-7-13-11/h1,6-7,9H,4-5,8H2,2H3,(H,15,16). The summed E-state index contributed by atoms with van der Waals surface area (Å²) in [5.74, 6) is 2.26. The molecule has 1 N–H and O–H groups in total. The Kier molecular flexibility index (Phi) is 4.34. The average Bonchev–Trinajstić information content (AvgIpc) is 2.30. The van der Waals surface area contributed by atoms with E-state index in [9.17, 15) is 4.79 Å². The lowest BCUT2D eigenvalue weighted by Crippen LogP contribution is -2.24. The van der Waals surface area contributed by atoms with Crippen LogP contribution in [0.3, 0.4) is 0 Å². The molecule has 0 fully saturated rings. The predicted molar refractivity (Wildman–Crippen MR) is 62.5 cm³/mol. The Morgan fingerprint density at radius 1 is 1.69 bits per heavy atom. The lowest BCUT2D eigenvalue weighted by molar-refractivity contribution is 0.0697. The fourth-order valence-corrected chi connectivity index (χ4v) is 1.36. The van der Waals surface area contributed by atoms with E-state index in [-0.39, 0.29) is 5.56 Å². The van der Waals surface area contributed by atoms with E-state index in [1.165, 1.54) is 12.3 Å². The van der Waals surface area contributed by atoms with E-state index in [1.807, 2.05) is 11.8 Å². The van der Waals surface area contributed by atoms with E-state index < -0.39 is 5.97 Å². The van der Waals surface area contributed by atoms with Gasteiger partial charge in [0.2, 0.25) is 0 Å². The summed E-state index contributed by atoms with van der Waals surface area (Å²) in [4.78, 5) is 16.9. The number of anilines is 1. The van der Waals surface area contributed by atoms with Crippen LogP contribution in [0.5, 0.6) is 0 Å². The molecule has 0 saturated heterocycles. The highest BCUT2D eigenvalue weighted by Gasteiger charge is 2.08. The normalized spacial score (nSPS) is 9.50. The van der Waals surface area contributed by atoms with Gasteiger partial charge in [0.1, 0.15) is 5.82 Å². The molecule has 0 aliphatic rings. The van der Waals surface area contributed by atoms with E-state index in [0.717, 1.165) is 6.54 Å². The molecule has 16 heavy (non-hydrogen) atoms. The SMILES string of the molecule is C#CCCN(CC)c1cc(C(=O)O)ccn1. The molecule has 0 aliphatic heterocycles. The average molecular weight is 218 g/mol. The summed E-state index contributed by atoms with van der Waals surface area (Å²) < 4.78 is 0. The van der Waals surface area contributed by atoms with Crippen LogP contribution < -0.4 is 4.90 Å². The van der Waals surface area contributed by atoms with Gasteiger partial charge in [0.15, 0.2) is 0 Å². The molecule has 84 valence electrons. The van der Waals surface area contributed by atoms with Gasteiger partial charge < -0.3 is 10.0 Å². The second-order valence-corrected chi connectivity index (χ2v) is 3.24. The number of hydrogen-bond acceptors (Lipinski definition) is 3. The minimum atomic E-state index is -0.948. The molecule has 0 unspecified atom stereocenters. The number of carbonyl (C=O) groups is 1. The summed E-state index contributed by atoms with van der Waals surface area (Å²) in [6, 6.07) is 3.03. The van der Waals surface area contributed by atoms with Gasteiger partial charge in [-0.1, -0.05) is 0 Å².